The normalized spacial score (nSPS) is 10.3. The highest BCUT2D eigenvalue weighted by atomic mass is 32.1. The van der Waals surface area contributed by atoms with Gasteiger partial charge in [0.15, 0.2) is 0 Å². The summed E-state index contributed by atoms with van der Waals surface area (Å²) < 4.78 is 1.20. The van der Waals surface area contributed by atoms with E-state index in [9.17, 15) is 0 Å². The molecule has 0 aliphatic carbocycles. The Hall–Kier alpha value is -0.930. The summed E-state index contributed by atoms with van der Waals surface area (Å²) in [5.41, 5.74) is 6.78. The molecule has 0 spiro atoms. The van der Waals surface area contributed by atoms with Gasteiger partial charge in [-0.05, 0) is 6.07 Å². The van der Waals surface area contributed by atoms with Crippen LogP contribution in [0.3, 0.4) is 0 Å². The molecule has 0 saturated carbocycles. The van der Waals surface area contributed by atoms with Gasteiger partial charge in [-0.15, -0.1) is 11.3 Å². The minimum Gasteiger partial charge on any atom is -0.390 e. The molecule has 1 nitrogen and oxygen atoms in total. The van der Waals surface area contributed by atoms with E-state index in [-0.39, 0.29) is 0 Å². The third-order valence-corrected chi connectivity index (χ3v) is 3.03. The van der Waals surface area contributed by atoms with Crippen molar-refractivity contribution in [2.45, 2.75) is 0 Å². The molecule has 0 unspecified atom stereocenters. The zero-order chi connectivity index (χ0) is 8.55. The van der Waals surface area contributed by atoms with Crippen molar-refractivity contribution in [1.29, 1.82) is 0 Å². The standard InChI is InChI=1S/C9H7NS2/c10-9-7(5-11)6-3-1-2-4-8(6)12-9/h1-5H,10H2. The smallest absolute Gasteiger partial charge is 0.0951 e. The van der Waals surface area contributed by atoms with Crippen LogP contribution in [-0.2, 0) is 0 Å². The molecule has 1 aromatic carbocycles. The lowest BCUT2D eigenvalue weighted by Crippen LogP contribution is -1.84. The molecule has 2 rings (SSSR count). The summed E-state index contributed by atoms with van der Waals surface area (Å²) in [7, 11) is 0. The SMILES string of the molecule is Nc1sc2ccccc2c1C=S. The molecular formula is C9H7NS2. The van der Waals surface area contributed by atoms with Crippen LogP contribution in [-0.4, -0.2) is 5.37 Å². The number of thiophene rings is 1. The van der Waals surface area contributed by atoms with E-state index in [0.29, 0.717) is 0 Å². The van der Waals surface area contributed by atoms with Crippen molar-refractivity contribution >= 4 is 44.0 Å². The monoisotopic (exact) mass is 193 g/mol. The van der Waals surface area contributed by atoms with E-state index in [1.54, 1.807) is 16.7 Å². The molecule has 12 heavy (non-hydrogen) atoms. The number of hydrogen-bond acceptors (Lipinski definition) is 3. The third kappa shape index (κ3) is 1.02. The van der Waals surface area contributed by atoms with Crippen LogP contribution in [0.25, 0.3) is 10.1 Å². The van der Waals surface area contributed by atoms with Gasteiger partial charge in [-0.2, -0.15) is 0 Å². The van der Waals surface area contributed by atoms with Gasteiger partial charge >= 0.3 is 0 Å². The summed E-state index contributed by atoms with van der Waals surface area (Å²) in [5, 5.41) is 3.62. The van der Waals surface area contributed by atoms with Crippen molar-refractivity contribution in [3.05, 3.63) is 29.8 Å². The molecular weight excluding hydrogens is 186 g/mol. The Labute approximate surface area is 79.8 Å². The molecule has 0 atom stereocenters. The van der Waals surface area contributed by atoms with Gasteiger partial charge in [-0.1, -0.05) is 30.4 Å². The molecule has 2 N–H and O–H groups in total. The predicted octanol–water partition coefficient (Wildman–Crippen LogP) is 2.83. The molecule has 0 radical (unpaired) electrons. The van der Waals surface area contributed by atoms with Gasteiger partial charge in [0.2, 0.25) is 0 Å². The van der Waals surface area contributed by atoms with Gasteiger partial charge in [-0.3, -0.25) is 0 Å². The fraction of sp³-hybridized carbons (Fsp3) is 0. The van der Waals surface area contributed by atoms with Crippen LogP contribution in [0.15, 0.2) is 24.3 Å². The summed E-state index contributed by atoms with van der Waals surface area (Å²) in [6, 6.07) is 8.10. The maximum Gasteiger partial charge on any atom is 0.0951 e. The lowest BCUT2D eigenvalue weighted by atomic mass is 10.2. The third-order valence-electron chi connectivity index (χ3n) is 1.78. The van der Waals surface area contributed by atoms with E-state index in [1.165, 1.54) is 4.70 Å². The lowest BCUT2D eigenvalue weighted by molar-refractivity contribution is 1.84. The van der Waals surface area contributed by atoms with Gasteiger partial charge in [0.1, 0.15) is 0 Å². The number of nitrogens with two attached hydrogens (primary N) is 1. The molecule has 1 aromatic heterocycles. The second-order valence-electron chi connectivity index (χ2n) is 2.49. The first kappa shape index (κ1) is 7.71. The predicted molar refractivity (Wildman–Crippen MR) is 59.0 cm³/mol. The zero-order valence-corrected chi connectivity index (χ0v) is 7.91. The van der Waals surface area contributed by atoms with E-state index < -0.39 is 0 Å². The van der Waals surface area contributed by atoms with Crippen molar-refractivity contribution in [3.63, 3.8) is 0 Å². The largest absolute Gasteiger partial charge is 0.390 e. The van der Waals surface area contributed by atoms with Crippen molar-refractivity contribution in [3.8, 4) is 0 Å². The zero-order valence-electron chi connectivity index (χ0n) is 6.28. The first-order valence-corrected chi connectivity index (χ1v) is 4.84. The van der Waals surface area contributed by atoms with Crippen LogP contribution in [0.2, 0.25) is 0 Å². The number of rotatable bonds is 1. The van der Waals surface area contributed by atoms with Crippen LogP contribution in [0, 0.1) is 0 Å². The van der Waals surface area contributed by atoms with Gasteiger partial charge in [-0.25, -0.2) is 0 Å². The van der Waals surface area contributed by atoms with Gasteiger partial charge < -0.3 is 5.73 Å². The number of hydrogen-bond donors (Lipinski definition) is 1. The molecule has 0 fully saturated rings. The highest BCUT2D eigenvalue weighted by Crippen LogP contribution is 2.31. The van der Waals surface area contributed by atoms with Crippen LogP contribution >= 0.6 is 23.6 Å². The minimum atomic E-state index is 0.811. The van der Waals surface area contributed by atoms with Crippen LogP contribution in [0.5, 0.6) is 0 Å². The summed E-state index contributed by atoms with van der Waals surface area (Å²) in [6.07, 6.45) is 0. The highest BCUT2D eigenvalue weighted by molar-refractivity contribution is 7.79. The Morgan fingerprint density at radius 1 is 1.33 bits per heavy atom. The van der Waals surface area contributed by atoms with E-state index in [2.05, 4.69) is 6.07 Å². The van der Waals surface area contributed by atoms with Crippen LogP contribution < -0.4 is 5.73 Å². The molecule has 0 aliphatic rings. The topological polar surface area (TPSA) is 26.0 Å². The summed E-state index contributed by atoms with van der Waals surface area (Å²) in [6.45, 7) is 0. The maximum atomic E-state index is 5.78. The van der Waals surface area contributed by atoms with Gasteiger partial charge in [0.25, 0.3) is 0 Å². The molecule has 0 aliphatic heterocycles. The maximum absolute atomic E-state index is 5.78. The lowest BCUT2D eigenvalue weighted by Gasteiger charge is -1.89. The number of benzene rings is 1. The van der Waals surface area contributed by atoms with Crippen molar-refractivity contribution < 1.29 is 0 Å². The highest BCUT2D eigenvalue weighted by Gasteiger charge is 2.05. The van der Waals surface area contributed by atoms with Gasteiger partial charge in [0.05, 0.1) is 5.00 Å². The Balaban J connectivity index is 2.90. The average molecular weight is 193 g/mol. The number of anilines is 1. The number of thiocarbonyl (C=S) groups is 1. The van der Waals surface area contributed by atoms with Crippen molar-refractivity contribution in [1.82, 2.24) is 0 Å². The fourth-order valence-corrected chi connectivity index (χ4v) is 2.48. The molecule has 1 heterocycles. The Morgan fingerprint density at radius 2 is 2.08 bits per heavy atom. The summed E-state index contributed by atoms with van der Waals surface area (Å²) in [4.78, 5) is 0. The van der Waals surface area contributed by atoms with Gasteiger partial charge in [0, 0.05) is 21.0 Å². The van der Waals surface area contributed by atoms with E-state index in [4.69, 9.17) is 18.0 Å². The number of nitrogen functional groups attached to an aromatic ring is 1. The molecule has 3 heteroatoms. The minimum absolute atomic E-state index is 0.811. The molecule has 0 saturated heterocycles. The second kappa shape index (κ2) is 2.84. The first-order valence-electron chi connectivity index (χ1n) is 3.55. The van der Waals surface area contributed by atoms with Crippen molar-refractivity contribution in [2.24, 2.45) is 0 Å². The van der Waals surface area contributed by atoms with Crippen molar-refractivity contribution in [2.75, 3.05) is 5.73 Å². The molecule has 0 bridgehead atoms. The molecule has 60 valence electrons. The van der Waals surface area contributed by atoms with Crippen LogP contribution in [0.1, 0.15) is 5.56 Å². The molecule has 2 aromatic rings. The van der Waals surface area contributed by atoms with E-state index in [1.807, 2.05) is 18.2 Å². The fourth-order valence-electron chi connectivity index (χ4n) is 1.21. The Morgan fingerprint density at radius 3 is 2.83 bits per heavy atom. The Kier molecular flexibility index (Phi) is 1.83. The summed E-state index contributed by atoms with van der Waals surface area (Å²) in [5.74, 6) is 0. The van der Waals surface area contributed by atoms with Crippen LogP contribution in [0.4, 0.5) is 5.00 Å². The first-order chi connectivity index (χ1) is 5.83. The Bertz CT molecular complexity index is 431. The average Bonchev–Trinajstić information content (AvgIpc) is 2.40. The van der Waals surface area contributed by atoms with E-state index >= 15 is 0 Å². The quantitative estimate of drug-likeness (QED) is 0.705. The van der Waals surface area contributed by atoms with E-state index in [0.717, 1.165) is 16.0 Å². The summed E-state index contributed by atoms with van der Waals surface area (Å²) >= 11 is 6.47. The molecule has 0 amide bonds. The second-order valence-corrected chi connectivity index (χ2v) is 3.81. The number of fused-ring (bicyclic) bond motifs is 1.